The molecule has 0 spiro atoms. The largest absolute Gasteiger partial charge is 0.393 e. The topological polar surface area (TPSA) is 54.4 Å². The van der Waals surface area contributed by atoms with Crippen molar-refractivity contribution in [3.05, 3.63) is 71.6 Å². The summed E-state index contributed by atoms with van der Waals surface area (Å²) in [6, 6.07) is 18.4. The summed E-state index contributed by atoms with van der Waals surface area (Å²) in [5.74, 6) is -0.348. The number of sulfone groups is 1. The number of aliphatic hydroxyl groups excluding tert-OH is 1. The second kappa shape index (κ2) is 7.77. The van der Waals surface area contributed by atoms with E-state index in [0.29, 0.717) is 17.7 Å². The SMILES string of the molecule is C[C@@H]1[C@H](O)CCC(Sc2ccccc2)=C[C@@H]1S(=O)(=O)c1ccccc1. The summed E-state index contributed by atoms with van der Waals surface area (Å²) in [5, 5.41) is 9.69. The van der Waals surface area contributed by atoms with Gasteiger partial charge in [-0.15, -0.1) is 0 Å². The molecule has 1 aliphatic rings. The molecule has 0 heterocycles. The average Bonchev–Trinajstić information content (AvgIpc) is 2.77. The summed E-state index contributed by atoms with van der Waals surface area (Å²) in [6.45, 7) is 1.82. The van der Waals surface area contributed by atoms with E-state index >= 15 is 0 Å². The van der Waals surface area contributed by atoms with Gasteiger partial charge < -0.3 is 5.11 Å². The Labute approximate surface area is 153 Å². The first-order valence-electron chi connectivity index (χ1n) is 8.39. The Morgan fingerprint density at radius 2 is 1.60 bits per heavy atom. The highest BCUT2D eigenvalue weighted by atomic mass is 32.2. The fraction of sp³-hybridized carbons (Fsp3) is 0.300. The average molecular weight is 375 g/mol. The Bertz CT molecular complexity index is 830. The second-order valence-electron chi connectivity index (χ2n) is 6.34. The van der Waals surface area contributed by atoms with Gasteiger partial charge in [0, 0.05) is 10.8 Å². The Hall–Kier alpha value is -1.56. The van der Waals surface area contributed by atoms with Crippen LogP contribution in [-0.4, -0.2) is 24.9 Å². The van der Waals surface area contributed by atoms with E-state index in [1.165, 1.54) is 0 Å². The van der Waals surface area contributed by atoms with Crippen LogP contribution in [0.5, 0.6) is 0 Å². The van der Waals surface area contributed by atoms with E-state index in [1.54, 1.807) is 42.1 Å². The van der Waals surface area contributed by atoms with Crippen molar-refractivity contribution in [2.24, 2.45) is 5.92 Å². The van der Waals surface area contributed by atoms with Crippen molar-refractivity contribution in [3.63, 3.8) is 0 Å². The van der Waals surface area contributed by atoms with Crippen molar-refractivity contribution in [2.75, 3.05) is 0 Å². The molecule has 2 aromatic rings. The lowest BCUT2D eigenvalue weighted by atomic mass is 10.00. The zero-order chi connectivity index (χ0) is 17.9. The molecule has 1 N–H and O–H groups in total. The lowest BCUT2D eigenvalue weighted by Gasteiger charge is -2.23. The fourth-order valence-electron chi connectivity index (χ4n) is 3.05. The van der Waals surface area contributed by atoms with Gasteiger partial charge in [-0.05, 0) is 42.0 Å². The van der Waals surface area contributed by atoms with Crippen LogP contribution in [0.2, 0.25) is 0 Å². The summed E-state index contributed by atoms with van der Waals surface area (Å²) in [5.41, 5.74) is 0. The van der Waals surface area contributed by atoms with Gasteiger partial charge in [0.25, 0.3) is 0 Å². The fourth-order valence-corrected chi connectivity index (χ4v) is 6.11. The van der Waals surface area contributed by atoms with E-state index in [2.05, 4.69) is 0 Å². The van der Waals surface area contributed by atoms with Crippen LogP contribution < -0.4 is 0 Å². The standard InChI is InChI=1S/C20H22O3S2/c1-15-19(21)13-12-17(24-16-8-4-2-5-9-16)14-20(15)25(22,23)18-10-6-3-7-11-18/h2-11,14-15,19-21H,12-13H2,1H3/t15-,19-,20+/m1/s1. The first-order valence-corrected chi connectivity index (χ1v) is 10.8. The zero-order valence-electron chi connectivity index (χ0n) is 14.1. The highest BCUT2D eigenvalue weighted by Gasteiger charge is 2.36. The van der Waals surface area contributed by atoms with E-state index in [9.17, 15) is 13.5 Å². The van der Waals surface area contributed by atoms with Crippen LogP contribution >= 0.6 is 11.8 Å². The molecule has 0 saturated heterocycles. The molecule has 0 unspecified atom stereocenters. The van der Waals surface area contributed by atoms with Gasteiger partial charge in [0.15, 0.2) is 9.84 Å². The highest BCUT2D eigenvalue weighted by Crippen LogP contribution is 2.37. The van der Waals surface area contributed by atoms with E-state index in [4.69, 9.17) is 0 Å². The molecule has 0 amide bonds. The molecule has 3 rings (SSSR count). The third kappa shape index (κ3) is 4.17. The third-order valence-corrected chi connectivity index (χ3v) is 7.91. The van der Waals surface area contributed by atoms with Crippen molar-refractivity contribution >= 4 is 21.6 Å². The molecule has 3 atom stereocenters. The molecular weight excluding hydrogens is 352 g/mol. The van der Waals surface area contributed by atoms with Gasteiger partial charge in [-0.2, -0.15) is 0 Å². The summed E-state index contributed by atoms with van der Waals surface area (Å²) < 4.78 is 26.3. The summed E-state index contributed by atoms with van der Waals surface area (Å²) >= 11 is 1.58. The van der Waals surface area contributed by atoms with Gasteiger partial charge >= 0.3 is 0 Å². The predicted octanol–water partition coefficient (Wildman–Crippen LogP) is 4.30. The smallest absolute Gasteiger partial charge is 0.185 e. The number of hydrogen-bond donors (Lipinski definition) is 1. The van der Waals surface area contributed by atoms with Crippen molar-refractivity contribution in [2.45, 2.75) is 40.9 Å². The first kappa shape index (κ1) is 18.2. The minimum atomic E-state index is -3.54. The van der Waals surface area contributed by atoms with Crippen LogP contribution in [0, 0.1) is 5.92 Å². The van der Waals surface area contributed by atoms with Crippen LogP contribution in [0.25, 0.3) is 0 Å². The maximum absolute atomic E-state index is 13.1. The van der Waals surface area contributed by atoms with Gasteiger partial charge in [0.2, 0.25) is 0 Å². The Balaban J connectivity index is 1.97. The molecule has 0 fully saturated rings. The minimum Gasteiger partial charge on any atom is -0.393 e. The molecule has 1 aliphatic carbocycles. The van der Waals surface area contributed by atoms with Crippen molar-refractivity contribution in [3.8, 4) is 0 Å². The molecule has 0 radical (unpaired) electrons. The first-order chi connectivity index (χ1) is 12.0. The quantitative estimate of drug-likeness (QED) is 0.867. The molecule has 0 saturated carbocycles. The number of hydrogen-bond acceptors (Lipinski definition) is 4. The predicted molar refractivity (Wildman–Crippen MR) is 102 cm³/mol. The van der Waals surface area contributed by atoms with Crippen LogP contribution in [0.3, 0.4) is 0 Å². The lowest BCUT2D eigenvalue weighted by Crippen LogP contribution is -2.33. The van der Waals surface area contributed by atoms with Crippen LogP contribution in [0.4, 0.5) is 0 Å². The van der Waals surface area contributed by atoms with E-state index < -0.39 is 21.2 Å². The molecule has 5 heteroatoms. The van der Waals surface area contributed by atoms with E-state index in [1.807, 2.05) is 43.3 Å². The number of allylic oxidation sites excluding steroid dienone is 1. The molecule has 0 aliphatic heterocycles. The Morgan fingerprint density at radius 3 is 2.24 bits per heavy atom. The molecular formula is C20H22O3S2. The number of rotatable bonds is 4. The van der Waals surface area contributed by atoms with Gasteiger partial charge in [0.05, 0.1) is 16.2 Å². The molecule has 2 aromatic carbocycles. The highest BCUT2D eigenvalue weighted by molar-refractivity contribution is 8.03. The Morgan fingerprint density at radius 1 is 1.00 bits per heavy atom. The molecule has 132 valence electrons. The van der Waals surface area contributed by atoms with Crippen molar-refractivity contribution in [1.82, 2.24) is 0 Å². The number of benzene rings is 2. The molecule has 0 aromatic heterocycles. The lowest BCUT2D eigenvalue weighted by molar-refractivity contribution is 0.113. The van der Waals surface area contributed by atoms with Crippen molar-refractivity contribution in [1.29, 1.82) is 0 Å². The van der Waals surface area contributed by atoms with Crippen molar-refractivity contribution < 1.29 is 13.5 Å². The van der Waals surface area contributed by atoms with Crippen LogP contribution in [0.1, 0.15) is 19.8 Å². The van der Waals surface area contributed by atoms with Gasteiger partial charge in [-0.25, -0.2) is 8.42 Å². The van der Waals surface area contributed by atoms with Crippen LogP contribution in [-0.2, 0) is 9.84 Å². The second-order valence-corrected chi connectivity index (χ2v) is 9.64. The van der Waals surface area contributed by atoms with Gasteiger partial charge in [-0.1, -0.05) is 61.2 Å². The van der Waals surface area contributed by atoms with E-state index in [0.717, 1.165) is 9.80 Å². The summed E-state index contributed by atoms with van der Waals surface area (Å²) in [4.78, 5) is 2.38. The molecule has 3 nitrogen and oxygen atoms in total. The number of aliphatic hydroxyl groups is 1. The van der Waals surface area contributed by atoms with E-state index in [-0.39, 0.29) is 5.92 Å². The Kier molecular flexibility index (Phi) is 5.67. The zero-order valence-corrected chi connectivity index (χ0v) is 15.7. The molecule has 0 bridgehead atoms. The number of thioether (sulfide) groups is 1. The maximum Gasteiger partial charge on any atom is 0.185 e. The van der Waals surface area contributed by atoms with Gasteiger partial charge in [-0.3, -0.25) is 0 Å². The third-order valence-electron chi connectivity index (χ3n) is 4.58. The molecule has 25 heavy (non-hydrogen) atoms. The monoisotopic (exact) mass is 374 g/mol. The summed E-state index contributed by atoms with van der Waals surface area (Å²) in [6.07, 6.45) is 2.48. The minimum absolute atomic E-state index is 0.307. The van der Waals surface area contributed by atoms with Crippen LogP contribution in [0.15, 0.2) is 81.4 Å². The summed E-state index contributed by atoms with van der Waals surface area (Å²) in [7, 11) is -3.54. The normalized spacial score (nSPS) is 24.4. The van der Waals surface area contributed by atoms with Gasteiger partial charge in [0.1, 0.15) is 0 Å². The maximum atomic E-state index is 13.1.